The lowest BCUT2D eigenvalue weighted by atomic mass is 10.1. The molecule has 1 fully saturated rings. The standard InChI is InChI=1S/C14H18N2O2/c1-17-12-5-2-4-10-11(8-16-14(10)12)13-9-15-6-3-7-18-13/h2,4-5,8,13,15-16H,3,6-7,9H2,1H3. The number of nitrogens with one attached hydrogen (secondary N) is 2. The highest BCUT2D eigenvalue weighted by molar-refractivity contribution is 5.88. The molecule has 2 N–H and O–H groups in total. The number of benzene rings is 1. The molecule has 1 atom stereocenters. The molecule has 0 saturated carbocycles. The third kappa shape index (κ3) is 1.98. The first-order valence-corrected chi connectivity index (χ1v) is 6.36. The summed E-state index contributed by atoms with van der Waals surface area (Å²) in [5, 5.41) is 4.59. The second-order valence-corrected chi connectivity index (χ2v) is 4.54. The minimum Gasteiger partial charge on any atom is -0.495 e. The van der Waals surface area contributed by atoms with Crippen LogP contribution >= 0.6 is 0 Å². The average molecular weight is 246 g/mol. The fourth-order valence-electron chi connectivity index (χ4n) is 2.50. The molecule has 1 aromatic heterocycles. The zero-order valence-electron chi connectivity index (χ0n) is 10.5. The number of para-hydroxylation sites is 1. The summed E-state index contributed by atoms with van der Waals surface area (Å²) in [5.74, 6) is 0.875. The van der Waals surface area contributed by atoms with Crippen molar-refractivity contribution in [3.63, 3.8) is 0 Å². The van der Waals surface area contributed by atoms with Crippen LogP contribution < -0.4 is 10.1 Å². The number of fused-ring (bicyclic) bond motifs is 1. The molecule has 96 valence electrons. The Hall–Kier alpha value is -1.52. The van der Waals surface area contributed by atoms with Crippen LogP contribution in [-0.4, -0.2) is 31.8 Å². The first-order valence-electron chi connectivity index (χ1n) is 6.36. The summed E-state index contributed by atoms with van der Waals surface area (Å²) in [6.45, 7) is 2.71. The van der Waals surface area contributed by atoms with Crippen LogP contribution in [-0.2, 0) is 4.74 Å². The van der Waals surface area contributed by atoms with E-state index in [0.29, 0.717) is 0 Å². The summed E-state index contributed by atoms with van der Waals surface area (Å²) in [7, 11) is 1.69. The van der Waals surface area contributed by atoms with Crippen molar-refractivity contribution < 1.29 is 9.47 Å². The number of H-pyrrole nitrogens is 1. The van der Waals surface area contributed by atoms with Gasteiger partial charge in [-0.1, -0.05) is 12.1 Å². The highest BCUT2D eigenvalue weighted by atomic mass is 16.5. The van der Waals surface area contributed by atoms with Crippen LogP contribution in [0.2, 0.25) is 0 Å². The van der Waals surface area contributed by atoms with Gasteiger partial charge < -0.3 is 19.8 Å². The molecule has 1 aromatic carbocycles. The highest BCUT2D eigenvalue weighted by Crippen LogP contribution is 2.31. The fourth-order valence-corrected chi connectivity index (χ4v) is 2.50. The van der Waals surface area contributed by atoms with Crippen LogP contribution in [0.5, 0.6) is 5.75 Å². The Morgan fingerprint density at radius 1 is 1.39 bits per heavy atom. The van der Waals surface area contributed by atoms with Gasteiger partial charge in [0, 0.05) is 30.3 Å². The van der Waals surface area contributed by atoms with E-state index in [1.165, 1.54) is 10.9 Å². The molecule has 1 unspecified atom stereocenters. The molecule has 0 radical (unpaired) electrons. The molecule has 0 spiro atoms. The third-order valence-corrected chi connectivity index (χ3v) is 3.42. The summed E-state index contributed by atoms with van der Waals surface area (Å²) in [6.07, 6.45) is 3.22. The quantitative estimate of drug-likeness (QED) is 0.854. The van der Waals surface area contributed by atoms with Gasteiger partial charge in [-0.3, -0.25) is 0 Å². The summed E-state index contributed by atoms with van der Waals surface area (Å²) < 4.78 is 11.3. The molecule has 1 saturated heterocycles. The molecule has 0 bridgehead atoms. The molecule has 1 aliphatic heterocycles. The van der Waals surface area contributed by atoms with E-state index >= 15 is 0 Å². The molecule has 4 heteroatoms. The lowest BCUT2D eigenvalue weighted by Gasteiger charge is -2.14. The smallest absolute Gasteiger partial charge is 0.142 e. The first kappa shape index (κ1) is 11.6. The van der Waals surface area contributed by atoms with Gasteiger partial charge >= 0.3 is 0 Å². The first-order chi connectivity index (χ1) is 8.90. The zero-order chi connectivity index (χ0) is 12.4. The van der Waals surface area contributed by atoms with E-state index in [9.17, 15) is 0 Å². The second-order valence-electron chi connectivity index (χ2n) is 4.54. The van der Waals surface area contributed by atoms with Crippen LogP contribution in [0.25, 0.3) is 10.9 Å². The summed E-state index contributed by atoms with van der Waals surface area (Å²) in [6, 6.07) is 6.09. The van der Waals surface area contributed by atoms with Crippen molar-refractivity contribution in [3.05, 3.63) is 30.0 Å². The maximum atomic E-state index is 5.91. The Bertz CT molecular complexity index is 528. The summed E-state index contributed by atoms with van der Waals surface area (Å²) >= 11 is 0. The average Bonchev–Trinajstić information content (AvgIpc) is 2.66. The van der Waals surface area contributed by atoms with Gasteiger partial charge in [0.05, 0.1) is 18.7 Å². The lowest BCUT2D eigenvalue weighted by molar-refractivity contribution is 0.0679. The van der Waals surface area contributed by atoms with E-state index in [0.717, 1.165) is 37.4 Å². The third-order valence-electron chi connectivity index (χ3n) is 3.42. The number of ether oxygens (including phenoxy) is 2. The van der Waals surface area contributed by atoms with Crippen molar-refractivity contribution in [2.75, 3.05) is 26.8 Å². The molecule has 2 heterocycles. The second kappa shape index (κ2) is 5.00. The molecule has 18 heavy (non-hydrogen) atoms. The van der Waals surface area contributed by atoms with E-state index < -0.39 is 0 Å². The molecule has 4 nitrogen and oxygen atoms in total. The van der Waals surface area contributed by atoms with Crippen molar-refractivity contribution in [1.29, 1.82) is 0 Å². The normalized spacial score (nSPS) is 20.8. The van der Waals surface area contributed by atoms with Gasteiger partial charge in [0.2, 0.25) is 0 Å². The largest absolute Gasteiger partial charge is 0.495 e. The number of hydrogen-bond donors (Lipinski definition) is 2. The topological polar surface area (TPSA) is 46.3 Å². The molecule has 0 amide bonds. The van der Waals surface area contributed by atoms with E-state index in [2.05, 4.69) is 16.4 Å². The van der Waals surface area contributed by atoms with Gasteiger partial charge in [-0.2, -0.15) is 0 Å². The predicted octanol–water partition coefficient (Wildman–Crippen LogP) is 2.23. The predicted molar refractivity (Wildman–Crippen MR) is 71.0 cm³/mol. The van der Waals surface area contributed by atoms with Gasteiger partial charge in [0.1, 0.15) is 5.75 Å². The Morgan fingerprint density at radius 2 is 2.33 bits per heavy atom. The van der Waals surface area contributed by atoms with Crippen LogP contribution in [0, 0.1) is 0 Å². The Balaban J connectivity index is 2.01. The van der Waals surface area contributed by atoms with Crippen LogP contribution in [0.1, 0.15) is 18.1 Å². The van der Waals surface area contributed by atoms with Gasteiger partial charge in [-0.15, -0.1) is 0 Å². The fraction of sp³-hybridized carbons (Fsp3) is 0.429. The zero-order valence-corrected chi connectivity index (χ0v) is 10.5. The van der Waals surface area contributed by atoms with Crippen molar-refractivity contribution in [3.8, 4) is 5.75 Å². The van der Waals surface area contributed by atoms with Gasteiger partial charge in [0.15, 0.2) is 0 Å². The van der Waals surface area contributed by atoms with Crippen molar-refractivity contribution >= 4 is 10.9 Å². The number of methoxy groups -OCH3 is 1. The molecule has 0 aliphatic carbocycles. The van der Waals surface area contributed by atoms with Gasteiger partial charge in [-0.05, 0) is 19.0 Å². The highest BCUT2D eigenvalue weighted by Gasteiger charge is 2.19. The van der Waals surface area contributed by atoms with Gasteiger partial charge in [-0.25, -0.2) is 0 Å². The maximum absolute atomic E-state index is 5.91. The SMILES string of the molecule is COc1cccc2c(C3CNCCCO3)c[nH]c12. The minimum absolute atomic E-state index is 0.119. The van der Waals surface area contributed by atoms with E-state index in [4.69, 9.17) is 9.47 Å². The molecule has 3 rings (SSSR count). The van der Waals surface area contributed by atoms with Crippen LogP contribution in [0.4, 0.5) is 0 Å². The van der Waals surface area contributed by atoms with Crippen molar-refractivity contribution in [1.82, 2.24) is 10.3 Å². The van der Waals surface area contributed by atoms with E-state index in [1.54, 1.807) is 7.11 Å². The Labute approximate surface area is 106 Å². The number of hydrogen-bond acceptors (Lipinski definition) is 3. The molecule has 1 aliphatic rings. The maximum Gasteiger partial charge on any atom is 0.142 e. The number of aromatic nitrogens is 1. The summed E-state index contributed by atoms with van der Waals surface area (Å²) in [5.41, 5.74) is 2.25. The van der Waals surface area contributed by atoms with Crippen molar-refractivity contribution in [2.24, 2.45) is 0 Å². The number of aromatic amines is 1. The lowest BCUT2D eigenvalue weighted by Crippen LogP contribution is -2.19. The van der Waals surface area contributed by atoms with Gasteiger partial charge in [0.25, 0.3) is 0 Å². The van der Waals surface area contributed by atoms with E-state index in [-0.39, 0.29) is 6.10 Å². The van der Waals surface area contributed by atoms with Crippen LogP contribution in [0.3, 0.4) is 0 Å². The Morgan fingerprint density at radius 3 is 3.22 bits per heavy atom. The molecule has 2 aromatic rings. The molecular formula is C14H18N2O2. The van der Waals surface area contributed by atoms with Crippen LogP contribution in [0.15, 0.2) is 24.4 Å². The Kier molecular flexibility index (Phi) is 3.21. The monoisotopic (exact) mass is 246 g/mol. The summed E-state index contributed by atoms with van der Waals surface area (Å²) in [4.78, 5) is 3.29. The van der Waals surface area contributed by atoms with Crippen molar-refractivity contribution in [2.45, 2.75) is 12.5 Å². The number of rotatable bonds is 2. The molecular weight excluding hydrogens is 228 g/mol. The minimum atomic E-state index is 0.119. The van der Waals surface area contributed by atoms with E-state index in [1.807, 2.05) is 18.3 Å².